The van der Waals surface area contributed by atoms with E-state index in [1.54, 1.807) is 15.6 Å². The van der Waals surface area contributed by atoms with Crippen molar-refractivity contribution in [1.82, 2.24) is 29.3 Å². The van der Waals surface area contributed by atoms with Crippen molar-refractivity contribution in [2.45, 2.75) is 45.6 Å². The van der Waals surface area contributed by atoms with E-state index in [1.165, 1.54) is 0 Å². The van der Waals surface area contributed by atoms with Crippen LogP contribution >= 0.6 is 0 Å². The van der Waals surface area contributed by atoms with E-state index in [4.69, 9.17) is 10.1 Å². The van der Waals surface area contributed by atoms with Crippen LogP contribution in [0.5, 0.6) is 0 Å². The van der Waals surface area contributed by atoms with E-state index in [0.29, 0.717) is 31.1 Å². The van der Waals surface area contributed by atoms with Crippen molar-refractivity contribution < 1.29 is 9.90 Å². The van der Waals surface area contributed by atoms with Gasteiger partial charge >= 0.3 is 6.09 Å². The standard InChI is InChI=1S/C29H32N8O2/c1-29(2,3)24-17-35(9-10-36(24)28(38)39)25-8-7-19(13-31-25)22-11-20(15-37-27(22)21(12-30)14-32-37)23-16-34(4)33-26(23)18-5-6-18/h7-8,11,13-16,18,24H,5-6,9-10,17H2,1-4H3,(H,38,39). The fourth-order valence-corrected chi connectivity index (χ4v) is 5.65. The van der Waals surface area contributed by atoms with Crippen LogP contribution in [0.15, 0.2) is 43.0 Å². The average Bonchev–Trinajstić information content (AvgIpc) is 3.56. The Morgan fingerprint density at radius 2 is 1.90 bits per heavy atom. The lowest BCUT2D eigenvalue weighted by atomic mass is 9.84. The number of aryl methyl sites for hydroxylation is 1. The normalized spacial score (nSPS) is 18.0. The van der Waals surface area contributed by atoms with Crippen LogP contribution in [0.4, 0.5) is 10.6 Å². The zero-order valence-corrected chi connectivity index (χ0v) is 22.7. The van der Waals surface area contributed by atoms with E-state index in [1.807, 2.05) is 36.3 Å². The van der Waals surface area contributed by atoms with Crippen LogP contribution in [0.25, 0.3) is 27.8 Å². The molecule has 10 nitrogen and oxygen atoms in total. The lowest BCUT2D eigenvalue weighted by Gasteiger charge is -2.46. The SMILES string of the molecule is Cn1cc(-c2cc(-c3ccc(N4CCN(C(=O)O)C(C(C)(C)C)C4)nc3)c3c(C#N)cnn3c2)c(C2CC2)n1. The van der Waals surface area contributed by atoms with Gasteiger partial charge in [-0.05, 0) is 36.5 Å². The maximum Gasteiger partial charge on any atom is 0.407 e. The van der Waals surface area contributed by atoms with Crippen molar-refractivity contribution in [3.05, 3.63) is 54.2 Å². The summed E-state index contributed by atoms with van der Waals surface area (Å²) in [5.74, 6) is 1.30. The van der Waals surface area contributed by atoms with Gasteiger partial charge in [0.1, 0.15) is 11.9 Å². The van der Waals surface area contributed by atoms with Crippen LogP contribution < -0.4 is 4.90 Å². The summed E-state index contributed by atoms with van der Waals surface area (Å²) in [5.41, 5.74) is 6.02. The van der Waals surface area contributed by atoms with Crippen LogP contribution in [0.1, 0.15) is 50.8 Å². The minimum Gasteiger partial charge on any atom is -0.465 e. The Kier molecular flexibility index (Phi) is 5.83. The molecule has 4 aromatic rings. The number of pyridine rings is 2. The van der Waals surface area contributed by atoms with Crippen LogP contribution in [0.2, 0.25) is 0 Å². The molecule has 0 radical (unpaired) electrons. The molecule has 2 aliphatic rings. The summed E-state index contributed by atoms with van der Waals surface area (Å²) < 4.78 is 3.64. The highest BCUT2D eigenvalue weighted by Crippen LogP contribution is 2.44. The maximum atomic E-state index is 11.8. The molecule has 6 rings (SSSR count). The molecule has 4 aromatic heterocycles. The van der Waals surface area contributed by atoms with Crippen LogP contribution in [0, 0.1) is 16.7 Å². The van der Waals surface area contributed by atoms with E-state index in [2.05, 4.69) is 49.1 Å². The first kappa shape index (κ1) is 24.9. The molecule has 1 saturated heterocycles. The molecular formula is C29H32N8O2. The Balaban J connectivity index is 1.38. The number of nitriles is 1. The topological polar surface area (TPSA) is 116 Å². The van der Waals surface area contributed by atoms with Gasteiger partial charge in [-0.1, -0.05) is 20.8 Å². The summed E-state index contributed by atoms with van der Waals surface area (Å²) in [7, 11) is 1.94. The molecule has 1 amide bonds. The molecule has 1 N–H and O–H groups in total. The Morgan fingerprint density at radius 1 is 1.10 bits per heavy atom. The molecule has 10 heteroatoms. The van der Waals surface area contributed by atoms with Gasteiger partial charge in [-0.15, -0.1) is 0 Å². The van der Waals surface area contributed by atoms with Crippen molar-refractivity contribution in [1.29, 1.82) is 5.26 Å². The number of carbonyl (C=O) groups is 1. The fraction of sp³-hybridized carbons (Fsp3) is 0.414. The zero-order chi connectivity index (χ0) is 27.5. The largest absolute Gasteiger partial charge is 0.465 e. The van der Waals surface area contributed by atoms with Gasteiger partial charge in [0.05, 0.1) is 29.0 Å². The number of hydrogen-bond acceptors (Lipinski definition) is 6. The summed E-state index contributed by atoms with van der Waals surface area (Å²) >= 11 is 0. The third kappa shape index (κ3) is 4.48. The predicted octanol–water partition coefficient (Wildman–Crippen LogP) is 4.76. The van der Waals surface area contributed by atoms with Gasteiger partial charge in [0, 0.05) is 73.4 Å². The van der Waals surface area contributed by atoms with Crippen molar-refractivity contribution in [3.8, 4) is 28.3 Å². The molecule has 2 fully saturated rings. The monoisotopic (exact) mass is 524 g/mol. The van der Waals surface area contributed by atoms with Crippen LogP contribution in [-0.4, -0.2) is 66.2 Å². The number of piperazine rings is 1. The minimum atomic E-state index is -0.880. The highest BCUT2D eigenvalue weighted by atomic mass is 16.4. The predicted molar refractivity (Wildman–Crippen MR) is 148 cm³/mol. The Morgan fingerprint density at radius 3 is 2.54 bits per heavy atom. The fourth-order valence-electron chi connectivity index (χ4n) is 5.65. The number of rotatable bonds is 4. The van der Waals surface area contributed by atoms with Gasteiger partial charge in [0.15, 0.2) is 0 Å². The van der Waals surface area contributed by atoms with Gasteiger partial charge < -0.3 is 14.9 Å². The summed E-state index contributed by atoms with van der Waals surface area (Å²) in [6.45, 7) is 7.80. The first-order valence-electron chi connectivity index (χ1n) is 13.3. The van der Waals surface area contributed by atoms with Crippen molar-refractivity contribution in [2.24, 2.45) is 12.5 Å². The van der Waals surface area contributed by atoms with E-state index in [0.717, 1.165) is 52.1 Å². The summed E-state index contributed by atoms with van der Waals surface area (Å²) in [6.07, 6.45) is 8.89. The summed E-state index contributed by atoms with van der Waals surface area (Å²) in [6, 6.07) is 8.25. The van der Waals surface area contributed by atoms with Gasteiger partial charge in [-0.25, -0.2) is 14.3 Å². The second-order valence-electron chi connectivity index (χ2n) is 11.7. The molecule has 1 aliphatic carbocycles. The Hall–Kier alpha value is -4.39. The van der Waals surface area contributed by atoms with E-state index in [-0.39, 0.29) is 11.5 Å². The zero-order valence-electron chi connectivity index (χ0n) is 22.7. The molecular weight excluding hydrogens is 492 g/mol. The minimum absolute atomic E-state index is 0.147. The molecule has 0 aromatic carbocycles. The smallest absolute Gasteiger partial charge is 0.407 e. The van der Waals surface area contributed by atoms with E-state index in [9.17, 15) is 15.2 Å². The third-order valence-electron chi connectivity index (χ3n) is 7.87. The van der Waals surface area contributed by atoms with Gasteiger partial charge in [-0.3, -0.25) is 4.68 Å². The molecule has 39 heavy (non-hydrogen) atoms. The number of anilines is 1. The maximum absolute atomic E-state index is 11.8. The molecule has 1 aliphatic heterocycles. The lowest BCUT2D eigenvalue weighted by molar-refractivity contribution is 0.0747. The molecule has 200 valence electrons. The summed E-state index contributed by atoms with van der Waals surface area (Å²) in [4.78, 5) is 20.3. The molecule has 5 heterocycles. The molecule has 0 spiro atoms. The number of carboxylic acid groups (broad SMARTS) is 1. The lowest BCUT2D eigenvalue weighted by Crippen LogP contribution is -2.59. The van der Waals surface area contributed by atoms with Crippen molar-refractivity contribution in [3.63, 3.8) is 0 Å². The first-order chi connectivity index (χ1) is 18.6. The number of fused-ring (bicyclic) bond motifs is 1. The van der Waals surface area contributed by atoms with Crippen molar-refractivity contribution in [2.75, 3.05) is 24.5 Å². The van der Waals surface area contributed by atoms with Crippen LogP contribution in [0.3, 0.4) is 0 Å². The van der Waals surface area contributed by atoms with Crippen LogP contribution in [-0.2, 0) is 7.05 Å². The van der Waals surface area contributed by atoms with E-state index >= 15 is 0 Å². The average molecular weight is 525 g/mol. The highest BCUT2D eigenvalue weighted by molar-refractivity contribution is 5.88. The second-order valence-corrected chi connectivity index (χ2v) is 11.7. The van der Waals surface area contributed by atoms with Gasteiger partial charge in [-0.2, -0.15) is 15.5 Å². The van der Waals surface area contributed by atoms with Gasteiger partial charge in [0.25, 0.3) is 0 Å². The van der Waals surface area contributed by atoms with E-state index < -0.39 is 6.09 Å². The molecule has 1 saturated carbocycles. The number of hydrogen-bond donors (Lipinski definition) is 1. The quantitative estimate of drug-likeness (QED) is 0.409. The molecule has 1 unspecified atom stereocenters. The second kappa shape index (κ2) is 9.12. The number of nitrogens with zero attached hydrogens (tertiary/aromatic N) is 8. The number of aromatic nitrogens is 5. The Bertz CT molecular complexity index is 1600. The molecule has 0 bridgehead atoms. The summed E-state index contributed by atoms with van der Waals surface area (Å²) in [5, 5.41) is 28.7. The van der Waals surface area contributed by atoms with Crippen molar-refractivity contribution >= 4 is 17.4 Å². The highest BCUT2D eigenvalue weighted by Gasteiger charge is 2.38. The Labute approximate surface area is 227 Å². The number of amides is 1. The third-order valence-corrected chi connectivity index (χ3v) is 7.87. The first-order valence-corrected chi connectivity index (χ1v) is 13.3. The van der Waals surface area contributed by atoms with Gasteiger partial charge in [0.2, 0.25) is 0 Å². The molecule has 1 atom stereocenters.